The molecule has 140 valence electrons. The molecule has 3 rings (SSSR count). The van der Waals surface area contributed by atoms with Crippen LogP contribution in [0.25, 0.3) is 0 Å². The zero-order valence-electron chi connectivity index (χ0n) is 14.1. The summed E-state index contributed by atoms with van der Waals surface area (Å²) in [5.41, 5.74) is -1.03. The molecular formula is C18H14BrF2N3O3. The van der Waals surface area contributed by atoms with Gasteiger partial charge in [-0.3, -0.25) is 14.5 Å². The van der Waals surface area contributed by atoms with E-state index >= 15 is 0 Å². The quantitative estimate of drug-likeness (QED) is 0.721. The number of urea groups is 1. The Kier molecular flexibility index (Phi) is 4.97. The number of benzene rings is 2. The van der Waals surface area contributed by atoms with Crippen molar-refractivity contribution in [1.82, 2.24) is 10.2 Å². The van der Waals surface area contributed by atoms with E-state index in [0.717, 1.165) is 21.5 Å². The Balaban J connectivity index is 1.76. The number of nitrogens with zero attached hydrogens (tertiary/aromatic N) is 1. The van der Waals surface area contributed by atoms with Crippen molar-refractivity contribution < 1.29 is 23.2 Å². The second-order valence-electron chi connectivity index (χ2n) is 6.13. The van der Waals surface area contributed by atoms with Crippen molar-refractivity contribution in [2.45, 2.75) is 12.5 Å². The first-order chi connectivity index (χ1) is 12.7. The van der Waals surface area contributed by atoms with E-state index in [1.807, 2.05) is 0 Å². The molecule has 0 spiro atoms. The second-order valence-corrected chi connectivity index (χ2v) is 7.04. The molecule has 2 aromatic rings. The van der Waals surface area contributed by atoms with Gasteiger partial charge in [-0.1, -0.05) is 28.1 Å². The third kappa shape index (κ3) is 3.68. The lowest BCUT2D eigenvalue weighted by Crippen LogP contribution is -2.42. The lowest BCUT2D eigenvalue weighted by atomic mass is 9.92. The number of halogens is 3. The van der Waals surface area contributed by atoms with Gasteiger partial charge in [0, 0.05) is 10.5 Å². The molecule has 0 saturated carbocycles. The van der Waals surface area contributed by atoms with Crippen molar-refractivity contribution in [2.24, 2.45) is 0 Å². The maximum Gasteiger partial charge on any atom is 0.325 e. The Morgan fingerprint density at radius 3 is 2.63 bits per heavy atom. The van der Waals surface area contributed by atoms with Crippen LogP contribution in [0, 0.1) is 11.6 Å². The average Bonchev–Trinajstić information content (AvgIpc) is 2.82. The molecule has 1 unspecified atom stereocenters. The number of amides is 4. The predicted molar refractivity (Wildman–Crippen MR) is 96.7 cm³/mol. The largest absolute Gasteiger partial charge is 0.325 e. The van der Waals surface area contributed by atoms with Crippen LogP contribution in [0.15, 0.2) is 46.9 Å². The van der Waals surface area contributed by atoms with E-state index in [9.17, 15) is 23.2 Å². The normalized spacial score (nSPS) is 19.2. The molecule has 0 aromatic heterocycles. The first kappa shape index (κ1) is 19.0. The van der Waals surface area contributed by atoms with Crippen LogP contribution in [0.3, 0.4) is 0 Å². The number of hydrogen-bond acceptors (Lipinski definition) is 3. The molecule has 9 heteroatoms. The number of rotatable bonds is 4. The minimum absolute atomic E-state index is 0.247. The highest BCUT2D eigenvalue weighted by molar-refractivity contribution is 9.10. The van der Waals surface area contributed by atoms with Gasteiger partial charge >= 0.3 is 6.03 Å². The molecule has 0 bridgehead atoms. The van der Waals surface area contributed by atoms with E-state index in [1.54, 1.807) is 24.3 Å². The van der Waals surface area contributed by atoms with Crippen LogP contribution in [0.1, 0.15) is 12.5 Å². The molecule has 1 aliphatic heterocycles. The summed E-state index contributed by atoms with van der Waals surface area (Å²) in [4.78, 5) is 37.9. The molecule has 1 aliphatic rings. The zero-order chi connectivity index (χ0) is 19.8. The Hall–Kier alpha value is -2.81. The summed E-state index contributed by atoms with van der Waals surface area (Å²) < 4.78 is 27.3. The smallest absolute Gasteiger partial charge is 0.322 e. The zero-order valence-corrected chi connectivity index (χ0v) is 15.6. The second kappa shape index (κ2) is 7.07. The van der Waals surface area contributed by atoms with Crippen molar-refractivity contribution in [3.8, 4) is 0 Å². The van der Waals surface area contributed by atoms with Crippen LogP contribution in [0.5, 0.6) is 0 Å². The van der Waals surface area contributed by atoms with Gasteiger partial charge in [-0.05, 0) is 36.8 Å². The summed E-state index contributed by atoms with van der Waals surface area (Å²) in [6, 6.07) is 8.78. The standard InChI is InChI=1S/C18H14BrF2N3O3/c1-18(10-3-2-4-11(19)7-10)16(26)24(17(27)23-18)9-15(25)22-14-6-5-12(20)8-13(14)21/h2-8H,9H2,1H3,(H,22,25)(H,23,27). The Morgan fingerprint density at radius 2 is 1.96 bits per heavy atom. The first-order valence-electron chi connectivity index (χ1n) is 7.86. The molecule has 0 radical (unpaired) electrons. The molecule has 1 heterocycles. The van der Waals surface area contributed by atoms with Gasteiger partial charge in [0.1, 0.15) is 23.7 Å². The summed E-state index contributed by atoms with van der Waals surface area (Å²) in [6.45, 7) is 0.928. The number of hydrogen-bond donors (Lipinski definition) is 2. The number of carbonyl (C=O) groups is 3. The van der Waals surface area contributed by atoms with Crippen LogP contribution < -0.4 is 10.6 Å². The number of nitrogens with one attached hydrogen (secondary N) is 2. The van der Waals surface area contributed by atoms with Crippen LogP contribution in [0.4, 0.5) is 19.3 Å². The summed E-state index contributed by atoms with van der Waals surface area (Å²) in [7, 11) is 0. The highest BCUT2D eigenvalue weighted by Gasteiger charge is 2.49. The van der Waals surface area contributed by atoms with E-state index in [2.05, 4.69) is 26.6 Å². The molecule has 1 atom stereocenters. The van der Waals surface area contributed by atoms with Gasteiger partial charge in [0.15, 0.2) is 0 Å². The average molecular weight is 438 g/mol. The SMILES string of the molecule is CC1(c2cccc(Br)c2)NC(=O)N(CC(=O)Nc2ccc(F)cc2F)C1=O. The number of carbonyl (C=O) groups excluding carboxylic acids is 3. The molecule has 6 nitrogen and oxygen atoms in total. The lowest BCUT2D eigenvalue weighted by molar-refractivity contribution is -0.133. The molecule has 0 aliphatic carbocycles. The van der Waals surface area contributed by atoms with Gasteiger partial charge in [0.25, 0.3) is 5.91 Å². The van der Waals surface area contributed by atoms with E-state index in [-0.39, 0.29) is 5.69 Å². The van der Waals surface area contributed by atoms with Gasteiger partial charge < -0.3 is 10.6 Å². The third-order valence-corrected chi connectivity index (χ3v) is 4.68. The van der Waals surface area contributed by atoms with E-state index in [1.165, 1.54) is 6.92 Å². The lowest BCUT2D eigenvalue weighted by Gasteiger charge is -2.22. The molecule has 2 aromatic carbocycles. The Labute approximate surface area is 161 Å². The molecule has 4 amide bonds. The Morgan fingerprint density at radius 1 is 1.22 bits per heavy atom. The summed E-state index contributed by atoms with van der Waals surface area (Å²) in [6.07, 6.45) is 0. The summed E-state index contributed by atoms with van der Waals surface area (Å²) in [5, 5.41) is 4.79. The maximum absolute atomic E-state index is 13.6. The number of imide groups is 1. The van der Waals surface area contributed by atoms with Gasteiger partial charge in [-0.2, -0.15) is 0 Å². The molecule has 1 fully saturated rings. The van der Waals surface area contributed by atoms with Crippen molar-refractivity contribution in [3.05, 3.63) is 64.1 Å². The Bertz CT molecular complexity index is 953. The highest BCUT2D eigenvalue weighted by atomic mass is 79.9. The molecular weight excluding hydrogens is 424 g/mol. The van der Waals surface area contributed by atoms with Crippen molar-refractivity contribution >= 4 is 39.5 Å². The van der Waals surface area contributed by atoms with Crippen molar-refractivity contribution in [3.63, 3.8) is 0 Å². The number of anilines is 1. The minimum Gasteiger partial charge on any atom is -0.322 e. The van der Waals surface area contributed by atoms with Gasteiger partial charge in [0.05, 0.1) is 5.69 Å². The van der Waals surface area contributed by atoms with E-state index in [0.29, 0.717) is 11.6 Å². The van der Waals surface area contributed by atoms with Gasteiger partial charge in [-0.15, -0.1) is 0 Å². The van der Waals surface area contributed by atoms with Crippen LogP contribution >= 0.6 is 15.9 Å². The fourth-order valence-corrected chi connectivity index (χ4v) is 3.16. The van der Waals surface area contributed by atoms with Crippen LogP contribution in [0.2, 0.25) is 0 Å². The fraction of sp³-hybridized carbons (Fsp3) is 0.167. The van der Waals surface area contributed by atoms with E-state index < -0.39 is 41.6 Å². The monoisotopic (exact) mass is 437 g/mol. The van der Waals surface area contributed by atoms with Crippen LogP contribution in [-0.4, -0.2) is 29.3 Å². The molecule has 1 saturated heterocycles. The topological polar surface area (TPSA) is 78.5 Å². The fourth-order valence-electron chi connectivity index (χ4n) is 2.76. The van der Waals surface area contributed by atoms with Crippen molar-refractivity contribution in [1.29, 1.82) is 0 Å². The molecule has 2 N–H and O–H groups in total. The minimum atomic E-state index is -1.33. The first-order valence-corrected chi connectivity index (χ1v) is 8.65. The highest BCUT2D eigenvalue weighted by Crippen LogP contribution is 2.30. The predicted octanol–water partition coefficient (Wildman–Crippen LogP) is 3.13. The maximum atomic E-state index is 13.6. The van der Waals surface area contributed by atoms with Crippen molar-refractivity contribution in [2.75, 3.05) is 11.9 Å². The molecule has 27 heavy (non-hydrogen) atoms. The summed E-state index contributed by atoms with van der Waals surface area (Å²) in [5.74, 6) is -3.15. The summed E-state index contributed by atoms with van der Waals surface area (Å²) >= 11 is 3.31. The van der Waals surface area contributed by atoms with Crippen LogP contribution in [-0.2, 0) is 15.1 Å². The third-order valence-electron chi connectivity index (χ3n) is 4.18. The van der Waals surface area contributed by atoms with Gasteiger partial charge in [0.2, 0.25) is 5.91 Å². The van der Waals surface area contributed by atoms with E-state index in [4.69, 9.17) is 0 Å². The van der Waals surface area contributed by atoms with Gasteiger partial charge in [-0.25, -0.2) is 13.6 Å².